The van der Waals surface area contributed by atoms with Gasteiger partial charge in [-0.2, -0.15) is 0 Å². The van der Waals surface area contributed by atoms with Crippen molar-refractivity contribution in [2.45, 2.75) is 25.8 Å². The summed E-state index contributed by atoms with van der Waals surface area (Å²) in [6.07, 6.45) is 0. The number of rotatable bonds is 3. The van der Waals surface area contributed by atoms with Gasteiger partial charge in [0.15, 0.2) is 0 Å². The average Bonchev–Trinajstić information content (AvgIpc) is 2.88. The molecule has 3 nitrogen and oxygen atoms in total. The highest BCUT2D eigenvalue weighted by Crippen LogP contribution is 2.25. The lowest BCUT2D eigenvalue weighted by atomic mass is 10.2. The van der Waals surface area contributed by atoms with Gasteiger partial charge in [0.05, 0.1) is 16.9 Å². The van der Waals surface area contributed by atoms with E-state index in [0.717, 1.165) is 16.4 Å². The van der Waals surface area contributed by atoms with Crippen LogP contribution in [0.15, 0.2) is 16.3 Å². The maximum atomic E-state index is 6.07. The zero-order valence-electron chi connectivity index (χ0n) is 8.68. The third-order valence-electron chi connectivity index (χ3n) is 2.17. The molecule has 0 aliphatic carbocycles. The lowest BCUT2D eigenvalue weighted by Gasteiger charge is -2.04. The van der Waals surface area contributed by atoms with Gasteiger partial charge < -0.3 is 5.73 Å². The second-order valence-electron chi connectivity index (χ2n) is 3.66. The summed E-state index contributed by atoms with van der Waals surface area (Å²) in [7, 11) is 0. The van der Waals surface area contributed by atoms with E-state index in [9.17, 15) is 0 Å². The van der Waals surface area contributed by atoms with Gasteiger partial charge in [0.1, 0.15) is 11.0 Å². The van der Waals surface area contributed by atoms with Crippen LogP contribution in [0.4, 0.5) is 0 Å². The Morgan fingerprint density at radius 1 is 1.27 bits per heavy atom. The second-order valence-corrected chi connectivity index (χ2v) is 5.26. The first-order chi connectivity index (χ1) is 7.18. The largest absolute Gasteiger partial charge is 0.317 e. The molecule has 2 N–H and O–H groups in total. The Bertz CT molecular complexity index is 420. The first-order valence-corrected chi connectivity index (χ1v) is 6.59. The van der Waals surface area contributed by atoms with Gasteiger partial charge in [0.25, 0.3) is 0 Å². The molecule has 0 saturated carbocycles. The van der Waals surface area contributed by atoms with E-state index in [1.54, 1.807) is 28.2 Å². The minimum atomic E-state index is -0.172. The van der Waals surface area contributed by atoms with Gasteiger partial charge in [-0.15, -0.1) is 22.7 Å². The molecule has 0 amide bonds. The molecule has 0 aliphatic rings. The first-order valence-electron chi connectivity index (χ1n) is 4.77. The fraction of sp³-hybridized carbons (Fsp3) is 0.400. The Kier molecular flexibility index (Phi) is 3.14. The summed E-state index contributed by atoms with van der Waals surface area (Å²) >= 11 is 3.17. The molecule has 2 rings (SSSR count). The van der Waals surface area contributed by atoms with E-state index in [0.29, 0.717) is 5.92 Å². The van der Waals surface area contributed by atoms with Gasteiger partial charge >= 0.3 is 0 Å². The summed E-state index contributed by atoms with van der Waals surface area (Å²) in [5.74, 6) is 0.456. The van der Waals surface area contributed by atoms with Crippen molar-refractivity contribution in [3.63, 3.8) is 0 Å². The second kappa shape index (κ2) is 4.38. The molecule has 15 heavy (non-hydrogen) atoms. The van der Waals surface area contributed by atoms with Crippen molar-refractivity contribution in [3.8, 4) is 0 Å². The maximum Gasteiger partial charge on any atom is 0.116 e. The van der Waals surface area contributed by atoms with Gasteiger partial charge in [-0.05, 0) is 5.92 Å². The molecule has 2 heterocycles. The standard InChI is InChI=1S/C10H13N3S2/c1-6(2)7-4-15-10(13-7)9(11)8-3-14-5-12-8/h3-6,9H,11H2,1-2H3. The number of thiazole rings is 2. The number of nitrogens with two attached hydrogens (primary N) is 1. The van der Waals surface area contributed by atoms with E-state index in [1.165, 1.54) is 0 Å². The van der Waals surface area contributed by atoms with Crippen LogP contribution >= 0.6 is 22.7 Å². The lowest BCUT2D eigenvalue weighted by molar-refractivity contribution is 0.784. The highest BCUT2D eigenvalue weighted by atomic mass is 32.1. The van der Waals surface area contributed by atoms with Gasteiger partial charge in [-0.1, -0.05) is 13.8 Å². The van der Waals surface area contributed by atoms with E-state index < -0.39 is 0 Å². The summed E-state index contributed by atoms with van der Waals surface area (Å²) in [5.41, 5.74) is 9.88. The van der Waals surface area contributed by atoms with E-state index in [2.05, 4.69) is 29.2 Å². The minimum absolute atomic E-state index is 0.172. The molecule has 0 bridgehead atoms. The molecule has 0 aliphatic heterocycles. The molecular weight excluding hydrogens is 226 g/mol. The number of hydrogen-bond acceptors (Lipinski definition) is 5. The van der Waals surface area contributed by atoms with Crippen LogP contribution in [0.25, 0.3) is 0 Å². The van der Waals surface area contributed by atoms with E-state index in [-0.39, 0.29) is 6.04 Å². The summed E-state index contributed by atoms with van der Waals surface area (Å²) in [6.45, 7) is 4.26. The van der Waals surface area contributed by atoms with Crippen molar-refractivity contribution < 1.29 is 0 Å². The number of nitrogens with zero attached hydrogens (tertiary/aromatic N) is 2. The van der Waals surface area contributed by atoms with Crippen molar-refractivity contribution in [2.24, 2.45) is 5.73 Å². The fourth-order valence-electron chi connectivity index (χ4n) is 1.21. The molecule has 2 aromatic rings. The summed E-state index contributed by atoms with van der Waals surface area (Å²) in [6, 6.07) is -0.172. The monoisotopic (exact) mass is 239 g/mol. The van der Waals surface area contributed by atoms with Crippen molar-refractivity contribution in [3.05, 3.63) is 32.7 Å². The molecule has 1 unspecified atom stereocenters. The topological polar surface area (TPSA) is 51.8 Å². The Morgan fingerprint density at radius 2 is 2.07 bits per heavy atom. The highest BCUT2D eigenvalue weighted by Gasteiger charge is 2.15. The van der Waals surface area contributed by atoms with Crippen molar-refractivity contribution in [1.82, 2.24) is 9.97 Å². The van der Waals surface area contributed by atoms with Crippen LogP contribution in [-0.2, 0) is 0 Å². The first kappa shape index (κ1) is 10.7. The molecular formula is C10H13N3S2. The van der Waals surface area contributed by atoms with E-state index in [4.69, 9.17) is 5.73 Å². The van der Waals surface area contributed by atoms with Gasteiger partial charge in [-0.3, -0.25) is 0 Å². The molecule has 5 heteroatoms. The van der Waals surface area contributed by atoms with Crippen LogP contribution < -0.4 is 5.73 Å². The summed E-state index contributed by atoms with van der Waals surface area (Å²) < 4.78 is 0. The zero-order chi connectivity index (χ0) is 10.8. The Morgan fingerprint density at radius 3 is 2.60 bits per heavy atom. The fourth-order valence-corrected chi connectivity index (χ4v) is 2.79. The maximum absolute atomic E-state index is 6.07. The lowest BCUT2D eigenvalue weighted by Crippen LogP contribution is -2.12. The Labute approximate surface area is 97.0 Å². The van der Waals surface area contributed by atoms with E-state index in [1.807, 2.05) is 5.38 Å². The van der Waals surface area contributed by atoms with Gasteiger partial charge in [0, 0.05) is 10.8 Å². The highest BCUT2D eigenvalue weighted by molar-refractivity contribution is 7.10. The minimum Gasteiger partial charge on any atom is -0.317 e. The third-order valence-corrected chi connectivity index (χ3v) is 3.72. The smallest absolute Gasteiger partial charge is 0.116 e. The molecule has 0 radical (unpaired) electrons. The molecule has 0 aromatic carbocycles. The molecule has 1 atom stereocenters. The van der Waals surface area contributed by atoms with Crippen LogP contribution in [-0.4, -0.2) is 9.97 Å². The van der Waals surface area contributed by atoms with E-state index >= 15 is 0 Å². The van der Waals surface area contributed by atoms with Crippen LogP contribution in [0.5, 0.6) is 0 Å². The zero-order valence-corrected chi connectivity index (χ0v) is 10.3. The Balaban J connectivity index is 2.23. The Hall–Kier alpha value is -0.780. The number of aromatic nitrogens is 2. The number of hydrogen-bond donors (Lipinski definition) is 1. The quantitative estimate of drug-likeness (QED) is 0.896. The molecule has 2 aromatic heterocycles. The summed E-state index contributed by atoms with van der Waals surface area (Å²) in [5, 5.41) is 5.00. The summed E-state index contributed by atoms with van der Waals surface area (Å²) in [4.78, 5) is 8.73. The third kappa shape index (κ3) is 2.25. The molecule has 0 spiro atoms. The molecule has 0 fully saturated rings. The predicted molar refractivity (Wildman–Crippen MR) is 64.3 cm³/mol. The average molecular weight is 239 g/mol. The molecule has 80 valence electrons. The predicted octanol–water partition coefficient (Wildman–Crippen LogP) is 2.77. The van der Waals surface area contributed by atoms with Crippen molar-refractivity contribution >= 4 is 22.7 Å². The SMILES string of the molecule is CC(C)c1csc(C(N)c2cscn2)n1. The van der Waals surface area contributed by atoms with Crippen molar-refractivity contribution in [1.29, 1.82) is 0 Å². The normalized spacial score (nSPS) is 13.3. The van der Waals surface area contributed by atoms with Crippen LogP contribution in [0, 0.1) is 0 Å². The van der Waals surface area contributed by atoms with Crippen LogP contribution in [0.3, 0.4) is 0 Å². The van der Waals surface area contributed by atoms with Gasteiger partial charge in [0.2, 0.25) is 0 Å². The van der Waals surface area contributed by atoms with Crippen molar-refractivity contribution in [2.75, 3.05) is 0 Å². The molecule has 0 saturated heterocycles. The van der Waals surface area contributed by atoms with Crippen LogP contribution in [0.2, 0.25) is 0 Å². The van der Waals surface area contributed by atoms with Gasteiger partial charge in [-0.25, -0.2) is 9.97 Å². The van der Waals surface area contributed by atoms with Crippen LogP contribution in [0.1, 0.15) is 42.2 Å².